The highest BCUT2D eigenvalue weighted by molar-refractivity contribution is 14.1. The van der Waals surface area contributed by atoms with E-state index in [1.807, 2.05) is 37.3 Å². The molecule has 0 radical (unpaired) electrons. The van der Waals surface area contributed by atoms with Crippen molar-refractivity contribution in [2.24, 2.45) is 0 Å². The monoisotopic (exact) mass is 356 g/mol. The lowest BCUT2D eigenvalue weighted by atomic mass is 10.0. The van der Waals surface area contributed by atoms with Gasteiger partial charge in [0.25, 0.3) is 0 Å². The van der Waals surface area contributed by atoms with Crippen LogP contribution in [0.1, 0.15) is 21.5 Å². The normalized spacial score (nSPS) is 10.3. The van der Waals surface area contributed by atoms with E-state index in [1.54, 1.807) is 12.1 Å². The molecule has 0 aliphatic heterocycles. The molecule has 0 amide bonds. The van der Waals surface area contributed by atoms with Crippen LogP contribution in [-0.2, 0) is 0 Å². The first-order valence-electron chi connectivity index (χ1n) is 5.15. The van der Waals surface area contributed by atoms with Gasteiger partial charge in [-0.1, -0.05) is 23.7 Å². The van der Waals surface area contributed by atoms with Crippen LogP contribution < -0.4 is 0 Å². The third-order valence-corrected chi connectivity index (χ3v) is 3.90. The van der Waals surface area contributed by atoms with Crippen molar-refractivity contribution in [2.45, 2.75) is 6.92 Å². The number of carbonyl (C=O) groups is 1. The molecule has 0 aromatic heterocycles. The Kier molecular flexibility index (Phi) is 3.84. The molecule has 0 aliphatic carbocycles. The molecule has 0 saturated carbocycles. The average Bonchev–Trinajstić information content (AvgIpc) is 2.32. The molecule has 1 nitrogen and oxygen atoms in total. The van der Waals surface area contributed by atoms with Gasteiger partial charge >= 0.3 is 0 Å². The highest BCUT2D eigenvalue weighted by Gasteiger charge is 2.12. The second-order valence-electron chi connectivity index (χ2n) is 3.77. The van der Waals surface area contributed by atoms with Crippen molar-refractivity contribution < 1.29 is 4.79 Å². The molecular formula is C14H10ClIO. The van der Waals surface area contributed by atoms with Gasteiger partial charge in [0.15, 0.2) is 5.78 Å². The number of halogens is 2. The minimum atomic E-state index is 0.0368. The fourth-order valence-electron chi connectivity index (χ4n) is 1.59. The van der Waals surface area contributed by atoms with E-state index < -0.39 is 0 Å². The molecule has 0 fully saturated rings. The van der Waals surface area contributed by atoms with Gasteiger partial charge < -0.3 is 0 Å². The molecule has 0 bridgehead atoms. The van der Waals surface area contributed by atoms with Crippen molar-refractivity contribution in [3.63, 3.8) is 0 Å². The Hall–Kier alpha value is -0.870. The maximum atomic E-state index is 12.3. The molecule has 2 aromatic carbocycles. The number of ketones is 1. The number of hydrogen-bond acceptors (Lipinski definition) is 1. The Morgan fingerprint density at radius 3 is 2.53 bits per heavy atom. The quantitative estimate of drug-likeness (QED) is 0.572. The van der Waals surface area contributed by atoms with Gasteiger partial charge in [0.2, 0.25) is 0 Å². The molecule has 0 N–H and O–H groups in total. The number of carbonyl (C=O) groups excluding carboxylic acids is 1. The molecule has 0 saturated heterocycles. The fourth-order valence-corrected chi connectivity index (χ4v) is 2.34. The summed E-state index contributed by atoms with van der Waals surface area (Å²) in [6.45, 7) is 1.90. The van der Waals surface area contributed by atoms with Crippen LogP contribution in [-0.4, -0.2) is 5.78 Å². The number of aryl methyl sites for hydroxylation is 1. The molecule has 2 rings (SSSR count). The van der Waals surface area contributed by atoms with E-state index in [0.717, 1.165) is 14.7 Å². The summed E-state index contributed by atoms with van der Waals surface area (Å²) < 4.78 is 0.961. The Morgan fingerprint density at radius 2 is 1.88 bits per heavy atom. The van der Waals surface area contributed by atoms with Gasteiger partial charge in [-0.3, -0.25) is 4.79 Å². The van der Waals surface area contributed by atoms with Gasteiger partial charge in [-0.2, -0.15) is 0 Å². The second-order valence-corrected chi connectivity index (χ2v) is 5.34. The molecule has 3 heteroatoms. The zero-order valence-electron chi connectivity index (χ0n) is 9.21. The van der Waals surface area contributed by atoms with Crippen molar-refractivity contribution in [3.8, 4) is 0 Å². The average molecular weight is 357 g/mol. The van der Waals surface area contributed by atoms with Crippen LogP contribution in [0.2, 0.25) is 5.02 Å². The third-order valence-electron chi connectivity index (χ3n) is 2.54. The molecule has 0 atom stereocenters. The van der Waals surface area contributed by atoms with E-state index in [1.165, 1.54) is 0 Å². The van der Waals surface area contributed by atoms with Crippen LogP contribution in [0.4, 0.5) is 0 Å². The van der Waals surface area contributed by atoms with Crippen molar-refractivity contribution in [3.05, 3.63) is 67.7 Å². The van der Waals surface area contributed by atoms with Crippen LogP contribution in [0.3, 0.4) is 0 Å². The highest BCUT2D eigenvalue weighted by atomic mass is 127. The summed E-state index contributed by atoms with van der Waals surface area (Å²) in [5, 5.41) is 0.685. The molecule has 0 spiro atoms. The van der Waals surface area contributed by atoms with E-state index in [4.69, 9.17) is 11.6 Å². The summed E-state index contributed by atoms with van der Waals surface area (Å²) in [4.78, 5) is 12.3. The predicted molar refractivity (Wildman–Crippen MR) is 78.8 cm³/mol. The summed E-state index contributed by atoms with van der Waals surface area (Å²) >= 11 is 8.12. The lowest BCUT2D eigenvalue weighted by molar-refractivity contribution is 0.103. The zero-order chi connectivity index (χ0) is 12.4. The topological polar surface area (TPSA) is 17.1 Å². The number of rotatable bonds is 2. The van der Waals surface area contributed by atoms with Crippen LogP contribution in [0.25, 0.3) is 0 Å². The van der Waals surface area contributed by atoms with Gasteiger partial charge in [-0.25, -0.2) is 0 Å². The summed E-state index contributed by atoms with van der Waals surface area (Å²) in [6.07, 6.45) is 0. The standard InChI is InChI=1S/C14H10ClIO/c1-9-8-10(6-7-12(9)15)14(17)11-4-2-3-5-13(11)16/h2-8H,1H3. The van der Waals surface area contributed by atoms with Gasteiger partial charge in [0.05, 0.1) is 0 Å². The van der Waals surface area contributed by atoms with E-state index in [-0.39, 0.29) is 5.78 Å². The van der Waals surface area contributed by atoms with E-state index >= 15 is 0 Å². The summed E-state index contributed by atoms with van der Waals surface area (Å²) in [6, 6.07) is 12.9. The van der Waals surface area contributed by atoms with Crippen molar-refractivity contribution in [2.75, 3.05) is 0 Å². The molecule has 0 unspecified atom stereocenters. The van der Waals surface area contributed by atoms with Crippen molar-refractivity contribution in [1.29, 1.82) is 0 Å². The van der Waals surface area contributed by atoms with Gasteiger partial charge in [-0.15, -0.1) is 0 Å². The maximum absolute atomic E-state index is 12.3. The van der Waals surface area contributed by atoms with Crippen LogP contribution >= 0.6 is 34.2 Å². The molecule has 2 aromatic rings. The lowest BCUT2D eigenvalue weighted by Gasteiger charge is -2.05. The van der Waals surface area contributed by atoms with Crippen LogP contribution in [0.15, 0.2) is 42.5 Å². The highest BCUT2D eigenvalue weighted by Crippen LogP contribution is 2.20. The Morgan fingerprint density at radius 1 is 1.18 bits per heavy atom. The van der Waals surface area contributed by atoms with E-state index in [9.17, 15) is 4.79 Å². The van der Waals surface area contributed by atoms with Gasteiger partial charge in [0.1, 0.15) is 0 Å². The van der Waals surface area contributed by atoms with E-state index in [0.29, 0.717) is 10.6 Å². The summed E-state index contributed by atoms with van der Waals surface area (Å²) in [5.74, 6) is 0.0368. The molecule has 17 heavy (non-hydrogen) atoms. The molecular weight excluding hydrogens is 347 g/mol. The third kappa shape index (κ3) is 2.69. The first-order chi connectivity index (χ1) is 8.09. The van der Waals surface area contributed by atoms with E-state index in [2.05, 4.69) is 22.6 Å². The van der Waals surface area contributed by atoms with Crippen LogP contribution in [0, 0.1) is 10.5 Å². The second kappa shape index (κ2) is 5.19. The molecule has 86 valence electrons. The Balaban J connectivity index is 2.44. The first kappa shape index (κ1) is 12.6. The minimum Gasteiger partial charge on any atom is -0.289 e. The first-order valence-corrected chi connectivity index (χ1v) is 6.60. The van der Waals surface area contributed by atoms with Crippen molar-refractivity contribution >= 4 is 40.0 Å². The number of benzene rings is 2. The largest absolute Gasteiger partial charge is 0.289 e. The lowest BCUT2D eigenvalue weighted by Crippen LogP contribution is -2.03. The Labute approximate surface area is 119 Å². The SMILES string of the molecule is Cc1cc(C(=O)c2ccccc2I)ccc1Cl. The molecule has 0 heterocycles. The number of hydrogen-bond donors (Lipinski definition) is 0. The minimum absolute atomic E-state index is 0.0368. The zero-order valence-corrected chi connectivity index (χ0v) is 12.1. The molecule has 0 aliphatic rings. The smallest absolute Gasteiger partial charge is 0.194 e. The summed E-state index contributed by atoms with van der Waals surface area (Å²) in [7, 11) is 0. The van der Waals surface area contributed by atoms with Crippen molar-refractivity contribution in [1.82, 2.24) is 0 Å². The summed E-state index contributed by atoms with van der Waals surface area (Å²) in [5.41, 5.74) is 2.33. The predicted octanol–water partition coefficient (Wildman–Crippen LogP) is 4.48. The van der Waals surface area contributed by atoms with Gasteiger partial charge in [-0.05, 0) is 65.4 Å². The maximum Gasteiger partial charge on any atom is 0.194 e. The van der Waals surface area contributed by atoms with Gasteiger partial charge in [0, 0.05) is 19.7 Å². The van der Waals surface area contributed by atoms with Crippen LogP contribution in [0.5, 0.6) is 0 Å². The Bertz CT molecular complexity index is 578. The fraction of sp³-hybridized carbons (Fsp3) is 0.0714.